The topological polar surface area (TPSA) is 91.7 Å². The zero-order valence-electron chi connectivity index (χ0n) is 18.1. The number of nitrogens with one attached hydrogen (secondary N) is 2. The Bertz CT molecular complexity index is 1010. The van der Waals surface area contributed by atoms with E-state index in [1.807, 2.05) is 39.0 Å². The second-order valence-electron chi connectivity index (χ2n) is 8.99. The predicted octanol–water partition coefficient (Wildman–Crippen LogP) is 4.39. The molecule has 0 amide bonds. The summed E-state index contributed by atoms with van der Waals surface area (Å²) in [7, 11) is 0. The van der Waals surface area contributed by atoms with Crippen LogP contribution in [0, 0.1) is 5.41 Å². The first-order valence-electron chi connectivity index (χ1n) is 10.5. The van der Waals surface area contributed by atoms with Crippen molar-refractivity contribution in [1.82, 2.24) is 30.1 Å². The Hall–Kier alpha value is -2.23. The van der Waals surface area contributed by atoms with Crippen LogP contribution in [0.4, 0.5) is 5.82 Å². The maximum Gasteiger partial charge on any atom is 0.254 e. The average molecular weight is 462 g/mol. The summed E-state index contributed by atoms with van der Waals surface area (Å²) in [5.74, 6) is 1.05. The number of piperidine rings is 1. The number of aromatic nitrogens is 5. The lowest BCUT2D eigenvalue weighted by atomic mass is 9.93. The molecule has 0 aromatic carbocycles. The second-order valence-corrected chi connectivity index (χ2v) is 10.8. The molecule has 1 aliphatic heterocycles. The van der Waals surface area contributed by atoms with Crippen molar-refractivity contribution in [2.45, 2.75) is 52.6 Å². The summed E-state index contributed by atoms with van der Waals surface area (Å²) < 4.78 is 2.31. The van der Waals surface area contributed by atoms with Crippen molar-refractivity contribution in [2.75, 3.05) is 18.4 Å². The van der Waals surface area contributed by atoms with Crippen LogP contribution in [0.3, 0.4) is 0 Å². The summed E-state index contributed by atoms with van der Waals surface area (Å²) in [6.45, 7) is 9.10. The first-order chi connectivity index (χ1) is 14.8. The highest BCUT2D eigenvalue weighted by atomic mass is 35.5. The molecule has 3 aromatic heterocycles. The molecule has 10 heteroatoms. The van der Waals surface area contributed by atoms with E-state index in [-0.39, 0.29) is 5.91 Å². The number of thiophene rings is 1. The lowest BCUT2D eigenvalue weighted by molar-refractivity contribution is 0.0750. The molecule has 4 rings (SSSR count). The van der Waals surface area contributed by atoms with Crippen molar-refractivity contribution >= 4 is 34.7 Å². The van der Waals surface area contributed by atoms with Gasteiger partial charge in [0.15, 0.2) is 0 Å². The molecule has 0 aliphatic carbocycles. The molecule has 1 aliphatic rings. The second kappa shape index (κ2) is 9.10. The Morgan fingerprint density at radius 2 is 2.10 bits per heavy atom. The van der Waals surface area contributed by atoms with Crippen LogP contribution in [0.2, 0.25) is 4.34 Å². The molecule has 8 nitrogen and oxygen atoms in total. The standard InChI is InChI=1S/C21H28ClN7OS/c1-21(2,3)20(30)29-19(23-12-16-4-5-18(22)31-16)10-17(26-29)14-6-8-28(9-7-14)13-15-11-24-27-25-15/h4-5,10-11,14,23H,6-9,12-13H2,1-3H3,(H,24,25,27). The Morgan fingerprint density at radius 1 is 1.32 bits per heavy atom. The average Bonchev–Trinajstić information content (AvgIpc) is 3.47. The largest absolute Gasteiger partial charge is 0.365 e. The van der Waals surface area contributed by atoms with Crippen molar-refractivity contribution in [2.24, 2.45) is 5.41 Å². The fraction of sp³-hybridized carbons (Fsp3) is 0.524. The smallest absolute Gasteiger partial charge is 0.254 e. The molecule has 1 fully saturated rings. The molecule has 0 saturated carbocycles. The van der Waals surface area contributed by atoms with E-state index in [1.165, 1.54) is 11.3 Å². The molecule has 31 heavy (non-hydrogen) atoms. The number of carbonyl (C=O) groups is 1. The molecule has 0 unspecified atom stereocenters. The maximum absolute atomic E-state index is 13.0. The van der Waals surface area contributed by atoms with Crippen LogP contribution < -0.4 is 5.32 Å². The number of hydrogen-bond donors (Lipinski definition) is 2. The van der Waals surface area contributed by atoms with Crippen LogP contribution in [-0.4, -0.2) is 49.1 Å². The highest BCUT2D eigenvalue weighted by Gasteiger charge is 2.29. The number of likely N-dealkylation sites (tertiary alicyclic amines) is 1. The summed E-state index contributed by atoms with van der Waals surface area (Å²) in [4.78, 5) is 16.5. The minimum absolute atomic E-state index is 0.0195. The monoisotopic (exact) mass is 461 g/mol. The minimum Gasteiger partial charge on any atom is -0.365 e. The number of H-pyrrole nitrogens is 1. The molecule has 0 bridgehead atoms. The molecule has 2 N–H and O–H groups in total. The fourth-order valence-corrected chi connectivity index (χ4v) is 4.77. The Kier molecular flexibility index (Phi) is 6.45. The van der Waals surface area contributed by atoms with Gasteiger partial charge in [-0.3, -0.25) is 9.69 Å². The van der Waals surface area contributed by atoms with Crippen LogP contribution >= 0.6 is 22.9 Å². The van der Waals surface area contributed by atoms with E-state index in [0.29, 0.717) is 12.5 Å². The van der Waals surface area contributed by atoms with Crippen molar-refractivity contribution < 1.29 is 4.79 Å². The summed E-state index contributed by atoms with van der Waals surface area (Å²) in [6.07, 6.45) is 3.77. The van der Waals surface area contributed by atoms with Crippen molar-refractivity contribution in [3.8, 4) is 0 Å². The number of aromatic amines is 1. The lowest BCUT2D eigenvalue weighted by Gasteiger charge is -2.30. The van der Waals surface area contributed by atoms with Gasteiger partial charge >= 0.3 is 0 Å². The molecule has 0 spiro atoms. The number of halogens is 1. The van der Waals surface area contributed by atoms with Gasteiger partial charge in [0.1, 0.15) is 5.82 Å². The van der Waals surface area contributed by atoms with Gasteiger partial charge in [0.2, 0.25) is 0 Å². The van der Waals surface area contributed by atoms with Crippen LogP contribution in [0.15, 0.2) is 24.4 Å². The molecule has 1 saturated heterocycles. The summed E-state index contributed by atoms with van der Waals surface area (Å²) in [6, 6.07) is 5.92. The van der Waals surface area contributed by atoms with E-state index < -0.39 is 5.41 Å². The van der Waals surface area contributed by atoms with Gasteiger partial charge in [-0.05, 0) is 38.1 Å². The number of rotatable bonds is 6. The third kappa shape index (κ3) is 5.34. The van der Waals surface area contributed by atoms with E-state index in [2.05, 4.69) is 25.6 Å². The van der Waals surface area contributed by atoms with Crippen LogP contribution in [0.5, 0.6) is 0 Å². The van der Waals surface area contributed by atoms with E-state index >= 15 is 0 Å². The Morgan fingerprint density at radius 3 is 2.71 bits per heavy atom. The highest BCUT2D eigenvalue weighted by molar-refractivity contribution is 7.16. The molecular formula is C21H28ClN7OS. The van der Waals surface area contributed by atoms with Gasteiger partial charge in [0.05, 0.1) is 28.5 Å². The summed E-state index contributed by atoms with van der Waals surface area (Å²) in [5, 5.41) is 18.8. The predicted molar refractivity (Wildman–Crippen MR) is 123 cm³/mol. The molecule has 4 heterocycles. The molecule has 166 valence electrons. The third-order valence-electron chi connectivity index (χ3n) is 5.49. The van der Waals surface area contributed by atoms with Crippen LogP contribution in [0.1, 0.15) is 60.6 Å². The number of anilines is 1. The first kappa shape index (κ1) is 22.0. The van der Waals surface area contributed by atoms with E-state index in [0.717, 1.165) is 58.9 Å². The van der Waals surface area contributed by atoms with E-state index in [4.69, 9.17) is 16.7 Å². The summed E-state index contributed by atoms with van der Waals surface area (Å²) >= 11 is 7.59. The quantitative estimate of drug-likeness (QED) is 0.565. The van der Waals surface area contributed by atoms with E-state index in [9.17, 15) is 4.79 Å². The van der Waals surface area contributed by atoms with Crippen molar-refractivity contribution in [3.63, 3.8) is 0 Å². The number of nitrogens with zero attached hydrogens (tertiary/aromatic N) is 5. The zero-order valence-corrected chi connectivity index (χ0v) is 19.6. The zero-order chi connectivity index (χ0) is 22.0. The molecule has 0 radical (unpaired) electrons. The van der Waals surface area contributed by atoms with Crippen LogP contribution in [-0.2, 0) is 13.1 Å². The van der Waals surface area contributed by atoms with Gasteiger partial charge in [-0.2, -0.15) is 25.2 Å². The van der Waals surface area contributed by atoms with Crippen molar-refractivity contribution in [1.29, 1.82) is 0 Å². The van der Waals surface area contributed by atoms with Gasteiger partial charge in [0, 0.05) is 28.8 Å². The van der Waals surface area contributed by atoms with Crippen LogP contribution in [0.25, 0.3) is 0 Å². The first-order valence-corrected chi connectivity index (χ1v) is 11.7. The number of carbonyl (C=O) groups excluding carboxylic acids is 1. The van der Waals surface area contributed by atoms with Gasteiger partial charge in [-0.1, -0.05) is 32.4 Å². The molecular weight excluding hydrogens is 434 g/mol. The van der Waals surface area contributed by atoms with Gasteiger partial charge < -0.3 is 5.32 Å². The Balaban J connectivity index is 1.47. The number of hydrogen-bond acceptors (Lipinski definition) is 7. The molecule has 3 aromatic rings. The maximum atomic E-state index is 13.0. The molecule has 0 atom stereocenters. The SMILES string of the molecule is CC(C)(C)C(=O)n1nc(C2CCN(Cc3cn[nH]n3)CC2)cc1NCc1ccc(Cl)s1. The van der Waals surface area contributed by atoms with Gasteiger partial charge in [-0.15, -0.1) is 11.3 Å². The lowest BCUT2D eigenvalue weighted by Crippen LogP contribution is -2.33. The minimum atomic E-state index is -0.521. The van der Waals surface area contributed by atoms with Gasteiger partial charge in [0.25, 0.3) is 5.91 Å². The third-order valence-corrected chi connectivity index (χ3v) is 6.72. The fourth-order valence-electron chi connectivity index (χ4n) is 3.74. The normalized spacial score (nSPS) is 16.0. The highest BCUT2D eigenvalue weighted by Crippen LogP contribution is 2.31. The summed E-state index contributed by atoms with van der Waals surface area (Å²) in [5.41, 5.74) is 1.41. The Labute approximate surface area is 191 Å². The van der Waals surface area contributed by atoms with E-state index in [1.54, 1.807) is 10.9 Å². The van der Waals surface area contributed by atoms with Gasteiger partial charge in [-0.25, -0.2) is 0 Å². The van der Waals surface area contributed by atoms with Crippen molar-refractivity contribution in [3.05, 3.63) is 45.0 Å².